The molecule has 0 aliphatic rings. The van der Waals surface area contributed by atoms with Gasteiger partial charge in [0, 0.05) is 21.9 Å². The summed E-state index contributed by atoms with van der Waals surface area (Å²) in [7, 11) is 0. The molecule has 1 amide bonds. The van der Waals surface area contributed by atoms with Gasteiger partial charge in [-0.1, -0.05) is 28.1 Å². The minimum Gasteiger partial charge on any atom is -0.316 e. The van der Waals surface area contributed by atoms with Gasteiger partial charge >= 0.3 is 6.18 Å². The maximum atomic E-state index is 12.7. The number of nitrogens with one attached hydrogen (secondary N) is 1. The van der Waals surface area contributed by atoms with Gasteiger partial charge in [0.25, 0.3) is 5.91 Å². The molecule has 8 heteroatoms. The number of nitrogens with zero attached hydrogens (tertiary/aromatic N) is 2. The van der Waals surface area contributed by atoms with Crippen LogP contribution < -0.4 is 5.43 Å². The Morgan fingerprint density at radius 2 is 1.85 bits per heavy atom. The van der Waals surface area contributed by atoms with Crippen molar-refractivity contribution in [3.05, 3.63) is 88.2 Å². The Balaban J connectivity index is 1.74. The van der Waals surface area contributed by atoms with E-state index in [9.17, 15) is 18.0 Å². The van der Waals surface area contributed by atoms with Crippen molar-refractivity contribution < 1.29 is 18.0 Å². The number of halogens is 4. The second-order valence-electron chi connectivity index (χ2n) is 5.56. The molecule has 0 saturated heterocycles. The summed E-state index contributed by atoms with van der Waals surface area (Å²) in [5.74, 6) is -0.724. The van der Waals surface area contributed by atoms with Crippen LogP contribution in [0.3, 0.4) is 0 Å². The first-order valence-electron chi connectivity index (χ1n) is 7.78. The van der Waals surface area contributed by atoms with Gasteiger partial charge in [-0.05, 0) is 48.5 Å². The monoisotopic (exact) mass is 435 g/mol. The molecule has 0 spiro atoms. The molecule has 0 aliphatic heterocycles. The highest BCUT2D eigenvalue weighted by Crippen LogP contribution is 2.29. The third-order valence-electron chi connectivity index (χ3n) is 3.68. The normalized spacial score (nSPS) is 11.7. The minimum absolute atomic E-state index is 0.121. The van der Waals surface area contributed by atoms with Crippen molar-refractivity contribution in [1.82, 2.24) is 9.99 Å². The van der Waals surface area contributed by atoms with Crippen molar-refractivity contribution in [2.24, 2.45) is 5.10 Å². The van der Waals surface area contributed by atoms with Crippen LogP contribution in [0.5, 0.6) is 0 Å². The second-order valence-corrected chi connectivity index (χ2v) is 6.48. The van der Waals surface area contributed by atoms with E-state index in [2.05, 4.69) is 26.5 Å². The molecule has 0 bridgehead atoms. The van der Waals surface area contributed by atoms with Crippen molar-refractivity contribution in [3.63, 3.8) is 0 Å². The Morgan fingerprint density at radius 3 is 2.59 bits per heavy atom. The number of benzene rings is 2. The summed E-state index contributed by atoms with van der Waals surface area (Å²) in [6.45, 7) is 0. The highest BCUT2D eigenvalue weighted by molar-refractivity contribution is 9.10. The van der Waals surface area contributed by atoms with Gasteiger partial charge in [0.1, 0.15) is 0 Å². The summed E-state index contributed by atoms with van der Waals surface area (Å²) in [4.78, 5) is 12.0. The first-order valence-corrected chi connectivity index (χ1v) is 8.58. The fourth-order valence-electron chi connectivity index (χ4n) is 2.42. The van der Waals surface area contributed by atoms with Crippen LogP contribution in [0.1, 0.15) is 21.6 Å². The van der Waals surface area contributed by atoms with Crippen LogP contribution in [-0.4, -0.2) is 16.7 Å². The molecule has 27 heavy (non-hydrogen) atoms. The minimum atomic E-state index is -4.51. The van der Waals surface area contributed by atoms with Crippen LogP contribution in [0.15, 0.2) is 76.4 Å². The maximum absolute atomic E-state index is 12.7. The number of hydrogen-bond donors (Lipinski definition) is 1. The van der Waals surface area contributed by atoms with E-state index in [4.69, 9.17) is 0 Å². The summed E-state index contributed by atoms with van der Waals surface area (Å²) < 4.78 is 41.0. The lowest BCUT2D eigenvalue weighted by Crippen LogP contribution is -2.18. The van der Waals surface area contributed by atoms with Crippen molar-refractivity contribution in [3.8, 4) is 5.69 Å². The van der Waals surface area contributed by atoms with E-state index in [-0.39, 0.29) is 5.56 Å². The summed E-state index contributed by atoms with van der Waals surface area (Å²) in [6, 6.07) is 15.4. The second kappa shape index (κ2) is 7.79. The third-order valence-corrected chi connectivity index (χ3v) is 4.17. The highest BCUT2D eigenvalue weighted by atomic mass is 79.9. The van der Waals surface area contributed by atoms with E-state index >= 15 is 0 Å². The van der Waals surface area contributed by atoms with Gasteiger partial charge in [0.05, 0.1) is 17.5 Å². The van der Waals surface area contributed by atoms with Crippen molar-refractivity contribution >= 4 is 28.1 Å². The van der Waals surface area contributed by atoms with E-state index in [1.807, 2.05) is 41.1 Å². The third kappa shape index (κ3) is 4.65. The molecule has 0 saturated carbocycles. The van der Waals surface area contributed by atoms with E-state index in [1.165, 1.54) is 18.3 Å². The predicted octanol–water partition coefficient (Wildman–Crippen LogP) is 5.02. The zero-order valence-corrected chi connectivity index (χ0v) is 15.3. The topological polar surface area (TPSA) is 46.4 Å². The number of amides is 1. The number of hydrazone groups is 1. The van der Waals surface area contributed by atoms with Crippen molar-refractivity contribution in [2.75, 3.05) is 0 Å². The fraction of sp³-hybridized carbons (Fsp3) is 0.0526. The Hall–Kier alpha value is -2.87. The lowest BCUT2D eigenvalue weighted by atomic mass is 10.1. The number of carbonyl (C=O) groups is 1. The molecule has 0 radical (unpaired) electrons. The van der Waals surface area contributed by atoms with Gasteiger partial charge in [-0.2, -0.15) is 18.3 Å². The van der Waals surface area contributed by atoms with Gasteiger partial charge < -0.3 is 4.57 Å². The summed E-state index contributed by atoms with van der Waals surface area (Å²) in [6.07, 6.45) is -1.26. The largest absolute Gasteiger partial charge is 0.416 e. The lowest BCUT2D eigenvalue weighted by molar-refractivity contribution is -0.137. The molecular formula is C19H13BrF3N3O. The molecule has 1 N–H and O–H groups in total. The van der Waals surface area contributed by atoms with Crippen LogP contribution >= 0.6 is 15.9 Å². The molecule has 138 valence electrons. The average Bonchev–Trinajstić information content (AvgIpc) is 3.09. The first kappa shape index (κ1) is 18.9. The van der Waals surface area contributed by atoms with Crippen molar-refractivity contribution in [2.45, 2.75) is 6.18 Å². The smallest absolute Gasteiger partial charge is 0.316 e. The van der Waals surface area contributed by atoms with E-state index in [0.717, 1.165) is 22.3 Å². The van der Waals surface area contributed by atoms with Crippen molar-refractivity contribution in [1.29, 1.82) is 0 Å². The molecule has 3 rings (SSSR count). The molecule has 4 nitrogen and oxygen atoms in total. The van der Waals surface area contributed by atoms with Crippen LogP contribution in [0.4, 0.5) is 13.2 Å². The van der Waals surface area contributed by atoms with Gasteiger partial charge in [0.15, 0.2) is 0 Å². The summed E-state index contributed by atoms with van der Waals surface area (Å²) in [5, 5.41) is 3.85. The van der Waals surface area contributed by atoms with Gasteiger partial charge in [0.2, 0.25) is 0 Å². The Morgan fingerprint density at radius 1 is 1.07 bits per heavy atom. The number of alkyl halides is 3. The number of aromatic nitrogens is 1. The predicted molar refractivity (Wildman–Crippen MR) is 100.0 cm³/mol. The molecule has 0 atom stereocenters. The van der Waals surface area contributed by atoms with Crippen LogP contribution in [0, 0.1) is 0 Å². The van der Waals surface area contributed by atoms with Gasteiger partial charge in [-0.25, -0.2) is 5.43 Å². The van der Waals surface area contributed by atoms with Crippen LogP contribution in [0.25, 0.3) is 5.69 Å². The van der Waals surface area contributed by atoms with E-state index in [0.29, 0.717) is 5.69 Å². The van der Waals surface area contributed by atoms with Gasteiger partial charge in [-0.3, -0.25) is 4.79 Å². The molecule has 0 fully saturated rings. The summed E-state index contributed by atoms with van der Waals surface area (Å²) >= 11 is 3.41. The average molecular weight is 436 g/mol. The zero-order valence-electron chi connectivity index (χ0n) is 13.7. The lowest BCUT2D eigenvalue weighted by Gasteiger charge is -2.08. The molecule has 1 aromatic heterocycles. The Bertz CT molecular complexity index is 996. The summed E-state index contributed by atoms with van der Waals surface area (Å²) in [5.41, 5.74) is 2.82. The zero-order chi connectivity index (χ0) is 19.4. The molecular weight excluding hydrogens is 423 g/mol. The highest BCUT2D eigenvalue weighted by Gasteiger charge is 2.30. The van der Waals surface area contributed by atoms with Gasteiger partial charge in [-0.15, -0.1) is 0 Å². The van der Waals surface area contributed by atoms with E-state index < -0.39 is 17.6 Å². The number of rotatable bonds is 4. The van der Waals surface area contributed by atoms with E-state index in [1.54, 1.807) is 6.07 Å². The molecule has 0 aliphatic carbocycles. The Kier molecular flexibility index (Phi) is 5.46. The quantitative estimate of drug-likeness (QED) is 0.453. The molecule has 0 unspecified atom stereocenters. The SMILES string of the molecule is O=C(N/N=C\c1cccn1-c1cccc(Br)c1)c1cccc(C(F)(F)F)c1. The Labute approximate surface area is 161 Å². The van der Waals surface area contributed by atoms with Crippen LogP contribution in [-0.2, 0) is 6.18 Å². The first-order chi connectivity index (χ1) is 12.8. The molecule has 2 aromatic carbocycles. The number of hydrogen-bond acceptors (Lipinski definition) is 2. The maximum Gasteiger partial charge on any atom is 0.416 e. The standard InChI is InChI=1S/C19H13BrF3N3O/c20-15-6-2-7-16(11-15)26-9-3-8-17(26)12-24-25-18(27)13-4-1-5-14(10-13)19(21,22)23/h1-12H,(H,25,27)/b24-12-. The fourth-order valence-corrected chi connectivity index (χ4v) is 2.81. The van der Waals surface area contributed by atoms with Crippen LogP contribution in [0.2, 0.25) is 0 Å². The molecule has 1 heterocycles. The number of carbonyl (C=O) groups excluding carboxylic acids is 1. The molecule has 3 aromatic rings.